The lowest BCUT2D eigenvalue weighted by Crippen LogP contribution is -2.51. The second-order valence-corrected chi connectivity index (χ2v) is 7.62. The normalized spacial score (nSPS) is 20.2. The van der Waals surface area contributed by atoms with Crippen LogP contribution < -0.4 is 0 Å². The lowest BCUT2D eigenvalue weighted by atomic mass is 9.94. The minimum Gasteiger partial charge on any atom is -0.340 e. The third kappa shape index (κ3) is 3.98. The number of piperidine rings is 1. The van der Waals surface area contributed by atoms with Crippen molar-refractivity contribution in [3.63, 3.8) is 0 Å². The van der Waals surface area contributed by atoms with Gasteiger partial charge in [0.1, 0.15) is 0 Å². The number of nitrogens with zero attached hydrogens (tertiary/aromatic N) is 3. The van der Waals surface area contributed by atoms with E-state index in [0.29, 0.717) is 18.7 Å². The molecule has 2 saturated heterocycles. The van der Waals surface area contributed by atoms with Crippen molar-refractivity contribution in [2.24, 2.45) is 5.92 Å². The molecule has 24 heavy (non-hydrogen) atoms. The van der Waals surface area contributed by atoms with Gasteiger partial charge in [-0.3, -0.25) is 9.59 Å². The van der Waals surface area contributed by atoms with Crippen molar-refractivity contribution < 1.29 is 9.59 Å². The van der Waals surface area contributed by atoms with Crippen LogP contribution in [0.4, 0.5) is 0 Å². The average molecular weight is 394 g/mol. The number of hydrogen-bond donors (Lipinski definition) is 0. The minimum absolute atomic E-state index is 0.0630. The van der Waals surface area contributed by atoms with Crippen LogP contribution in [0.5, 0.6) is 0 Å². The predicted molar refractivity (Wildman–Crippen MR) is 96.8 cm³/mol. The Balaban J connectivity index is 1.52. The SMILES string of the molecule is CN1CCN(C(=O)C2CCN(C(=O)c3ccc(Br)cc3)CC2)CC1. The first-order valence-corrected chi connectivity index (χ1v) is 9.36. The van der Waals surface area contributed by atoms with Crippen LogP contribution in [-0.2, 0) is 4.79 Å². The van der Waals surface area contributed by atoms with Gasteiger partial charge in [-0.15, -0.1) is 0 Å². The average Bonchev–Trinajstić information content (AvgIpc) is 2.62. The third-order valence-corrected chi connectivity index (χ3v) is 5.57. The fourth-order valence-electron chi connectivity index (χ4n) is 3.39. The maximum absolute atomic E-state index is 12.6. The van der Waals surface area contributed by atoms with Gasteiger partial charge in [0.2, 0.25) is 5.91 Å². The zero-order valence-corrected chi connectivity index (χ0v) is 15.7. The number of amides is 2. The summed E-state index contributed by atoms with van der Waals surface area (Å²) in [5, 5.41) is 0. The van der Waals surface area contributed by atoms with E-state index < -0.39 is 0 Å². The van der Waals surface area contributed by atoms with Gasteiger partial charge in [-0.2, -0.15) is 0 Å². The molecule has 0 spiro atoms. The summed E-state index contributed by atoms with van der Waals surface area (Å²) in [6, 6.07) is 7.45. The first kappa shape index (κ1) is 17.4. The zero-order chi connectivity index (χ0) is 17.1. The highest BCUT2D eigenvalue weighted by atomic mass is 79.9. The van der Waals surface area contributed by atoms with Gasteiger partial charge in [0.25, 0.3) is 5.91 Å². The molecule has 130 valence electrons. The Hall–Kier alpha value is -1.40. The van der Waals surface area contributed by atoms with Crippen molar-refractivity contribution in [1.82, 2.24) is 14.7 Å². The van der Waals surface area contributed by atoms with Crippen LogP contribution in [-0.4, -0.2) is 72.8 Å². The van der Waals surface area contributed by atoms with Gasteiger partial charge in [-0.1, -0.05) is 15.9 Å². The first-order chi connectivity index (χ1) is 11.5. The third-order valence-electron chi connectivity index (χ3n) is 5.04. The molecule has 0 N–H and O–H groups in total. The molecule has 2 aliphatic rings. The zero-order valence-electron chi connectivity index (χ0n) is 14.1. The molecule has 2 amide bonds. The van der Waals surface area contributed by atoms with Crippen LogP contribution in [0.2, 0.25) is 0 Å². The molecule has 6 heteroatoms. The van der Waals surface area contributed by atoms with Gasteiger partial charge in [0.05, 0.1) is 0 Å². The summed E-state index contributed by atoms with van der Waals surface area (Å²) in [6.07, 6.45) is 1.54. The van der Waals surface area contributed by atoms with E-state index in [1.54, 1.807) is 0 Å². The summed E-state index contributed by atoms with van der Waals surface area (Å²) in [5.41, 5.74) is 0.710. The molecule has 1 aromatic rings. The fourth-order valence-corrected chi connectivity index (χ4v) is 3.65. The van der Waals surface area contributed by atoms with Gasteiger partial charge in [-0.25, -0.2) is 0 Å². The van der Waals surface area contributed by atoms with Crippen LogP contribution in [0.3, 0.4) is 0 Å². The molecule has 0 bridgehead atoms. The number of piperazine rings is 1. The second-order valence-electron chi connectivity index (χ2n) is 6.70. The van der Waals surface area contributed by atoms with Crippen LogP contribution >= 0.6 is 15.9 Å². The molecule has 5 nitrogen and oxygen atoms in total. The van der Waals surface area contributed by atoms with Gasteiger partial charge in [-0.05, 0) is 44.2 Å². The van der Waals surface area contributed by atoms with Crippen molar-refractivity contribution in [2.45, 2.75) is 12.8 Å². The number of rotatable bonds is 2. The van der Waals surface area contributed by atoms with E-state index in [1.807, 2.05) is 34.1 Å². The molecule has 0 saturated carbocycles. The lowest BCUT2D eigenvalue weighted by molar-refractivity contribution is -0.138. The van der Waals surface area contributed by atoms with E-state index in [1.165, 1.54) is 0 Å². The van der Waals surface area contributed by atoms with E-state index in [4.69, 9.17) is 0 Å². The largest absolute Gasteiger partial charge is 0.340 e. The maximum atomic E-state index is 12.6. The highest BCUT2D eigenvalue weighted by Crippen LogP contribution is 2.22. The Labute approximate surface area is 151 Å². The van der Waals surface area contributed by atoms with Gasteiger partial charge in [0.15, 0.2) is 0 Å². The smallest absolute Gasteiger partial charge is 0.253 e. The molecule has 3 rings (SSSR count). The standard InChI is InChI=1S/C18H24BrN3O2/c1-20-10-12-22(13-11-20)18(24)15-6-8-21(9-7-15)17(23)14-2-4-16(19)5-3-14/h2-5,15H,6-13H2,1H3. The van der Waals surface area contributed by atoms with Crippen LogP contribution in [0.1, 0.15) is 23.2 Å². The van der Waals surface area contributed by atoms with E-state index in [0.717, 1.165) is 43.5 Å². The van der Waals surface area contributed by atoms with Crippen molar-refractivity contribution in [2.75, 3.05) is 46.3 Å². The van der Waals surface area contributed by atoms with Crippen LogP contribution in [0.25, 0.3) is 0 Å². The number of carbonyl (C=O) groups is 2. The highest BCUT2D eigenvalue weighted by Gasteiger charge is 2.31. The first-order valence-electron chi connectivity index (χ1n) is 8.57. The Morgan fingerprint density at radius 2 is 1.50 bits per heavy atom. The molecular formula is C18H24BrN3O2. The molecule has 0 aliphatic carbocycles. The number of likely N-dealkylation sites (N-methyl/N-ethyl adjacent to an activating group) is 1. The Bertz CT molecular complexity index is 589. The quantitative estimate of drug-likeness (QED) is 0.772. The lowest BCUT2D eigenvalue weighted by Gasteiger charge is -2.37. The summed E-state index contributed by atoms with van der Waals surface area (Å²) < 4.78 is 0.968. The molecule has 0 aromatic heterocycles. The number of hydrogen-bond acceptors (Lipinski definition) is 3. The van der Waals surface area contributed by atoms with E-state index in [2.05, 4.69) is 27.9 Å². The summed E-state index contributed by atoms with van der Waals surface area (Å²) in [4.78, 5) is 31.3. The Morgan fingerprint density at radius 1 is 0.917 bits per heavy atom. The number of carbonyl (C=O) groups excluding carboxylic acids is 2. The van der Waals surface area contributed by atoms with Crippen molar-refractivity contribution >= 4 is 27.7 Å². The minimum atomic E-state index is 0.0630. The van der Waals surface area contributed by atoms with E-state index in [9.17, 15) is 9.59 Å². The Kier molecular flexibility index (Phi) is 5.56. The van der Waals surface area contributed by atoms with Gasteiger partial charge >= 0.3 is 0 Å². The van der Waals surface area contributed by atoms with Gasteiger partial charge < -0.3 is 14.7 Å². The summed E-state index contributed by atoms with van der Waals surface area (Å²) in [5.74, 6) is 0.411. The molecule has 2 aliphatic heterocycles. The molecule has 0 unspecified atom stereocenters. The summed E-state index contributed by atoms with van der Waals surface area (Å²) >= 11 is 3.39. The molecule has 2 fully saturated rings. The fraction of sp³-hybridized carbons (Fsp3) is 0.556. The summed E-state index contributed by atoms with van der Waals surface area (Å²) in [6.45, 7) is 4.89. The molecular weight excluding hydrogens is 370 g/mol. The maximum Gasteiger partial charge on any atom is 0.253 e. The van der Waals surface area contributed by atoms with E-state index >= 15 is 0 Å². The van der Waals surface area contributed by atoms with E-state index in [-0.39, 0.29) is 17.7 Å². The number of benzene rings is 1. The van der Waals surface area contributed by atoms with Crippen molar-refractivity contribution in [3.8, 4) is 0 Å². The monoisotopic (exact) mass is 393 g/mol. The number of likely N-dealkylation sites (tertiary alicyclic amines) is 1. The van der Waals surface area contributed by atoms with Crippen LogP contribution in [0.15, 0.2) is 28.7 Å². The van der Waals surface area contributed by atoms with Crippen LogP contribution in [0, 0.1) is 5.92 Å². The van der Waals surface area contributed by atoms with Crippen molar-refractivity contribution in [1.29, 1.82) is 0 Å². The van der Waals surface area contributed by atoms with Gasteiger partial charge in [0, 0.05) is 55.2 Å². The molecule has 0 atom stereocenters. The number of halogens is 1. The second kappa shape index (κ2) is 7.66. The molecule has 1 aromatic carbocycles. The molecule has 2 heterocycles. The predicted octanol–water partition coefficient (Wildman–Crippen LogP) is 2.08. The topological polar surface area (TPSA) is 43.9 Å². The Morgan fingerprint density at radius 3 is 2.08 bits per heavy atom. The van der Waals surface area contributed by atoms with Crippen molar-refractivity contribution in [3.05, 3.63) is 34.3 Å². The summed E-state index contributed by atoms with van der Waals surface area (Å²) in [7, 11) is 2.09. The highest BCUT2D eigenvalue weighted by molar-refractivity contribution is 9.10. The molecule has 0 radical (unpaired) electrons.